The second kappa shape index (κ2) is 6.54. The fourth-order valence-electron chi connectivity index (χ4n) is 2.84. The van der Waals surface area contributed by atoms with Crippen molar-refractivity contribution in [3.63, 3.8) is 0 Å². The molecule has 1 aliphatic heterocycles. The predicted octanol–water partition coefficient (Wildman–Crippen LogP) is 2.40. The number of benzene rings is 1. The highest BCUT2D eigenvalue weighted by Crippen LogP contribution is 2.20. The number of rotatable bonds is 4. The molecule has 0 unspecified atom stereocenters. The van der Waals surface area contributed by atoms with E-state index in [2.05, 4.69) is 26.9 Å². The molecule has 0 spiro atoms. The van der Waals surface area contributed by atoms with E-state index in [0.29, 0.717) is 11.7 Å². The number of nitrogens with zero attached hydrogens (tertiary/aromatic N) is 4. The molecule has 0 bridgehead atoms. The van der Waals surface area contributed by atoms with E-state index in [-0.39, 0.29) is 11.9 Å². The lowest BCUT2D eigenvalue weighted by Crippen LogP contribution is -2.46. The minimum Gasteiger partial charge on any atom is -0.338 e. The van der Waals surface area contributed by atoms with Crippen molar-refractivity contribution in [3.8, 4) is 0 Å². The third kappa shape index (κ3) is 3.51. The third-order valence-corrected chi connectivity index (χ3v) is 4.15. The van der Waals surface area contributed by atoms with E-state index in [1.165, 1.54) is 6.07 Å². The van der Waals surface area contributed by atoms with Crippen LogP contribution >= 0.6 is 0 Å². The Morgan fingerprint density at radius 2 is 2.05 bits per heavy atom. The average molecular weight is 304 g/mol. The smallest absolute Gasteiger partial charge is 0.243 e. The highest BCUT2D eigenvalue weighted by atomic mass is 19.1. The Bertz CT molecular complexity index is 622. The third-order valence-electron chi connectivity index (χ3n) is 4.15. The summed E-state index contributed by atoms with van der Waals surface area (Å²) in [7, 11) is 0. The number of halogens is 1. The molecule has 0 saturated carbocycles. The SMILES string of the molecule is Cc1noc([C@@H](C)N2CCN(Cc3cccc(F)c3)CC2)n1. The lowest BCUT2D eigenvalue weighted by Gasteiger charge is -2.36. The fraction of sp³-hybridized carbons (Fsp3) is 0.500. The number of piperazine rings is 1. The molecule has 2 heterocycles. The summed E-state index contributed by atoms with van der Waals surface area (Å²) in [5.74, 6) is 1.18. The van der Waals surface area contributed by atoms with E-state index >= 15 is 0 Å². The van der Waals surface area contributed by atoms with Gasteiger partial charge < -0.3 is 4.52 Å². The highest BCUT2D eigenvalue weighted by molar-refractivity contribution is 5.16. The van der Waals surface area contributed by atoms with Gasteiger partial charge in [0.2, 0.25) is 5.89 Å². The zero-order chi connectivity index (χ0) is 15.5. The minimum absolute atomic E-state index is 0.137. The summed E-state index contributed by atoms with van der Waals surface area (Å²) in [6.45, 7) is 8.50. The van der Waals surface area contributed by atoms with Crippen LogP contribution in [0.15, 0.2) is 28.8 Å². The topological polar surface area (TPSA) is 45.4 Å². The van der Waals surface area contributed by atoms with E-state index in [1.807, 2.05) is 13.0 Å². The Balaban J connectivity index is 1.54. The van der Waals surface area contributed by atoms with E-state index in [1.54, 1.807) is 12.1 Å². The Hall–Kier alpha value is -1.79. The van der Waals surface area contributed by atoms with Gasteiger partial charge in [-0.2, -0.15) is 4.98 Å². The van der Waals surface area contributed by atoms with Gasteiger partial charge in [-0.3, -0.25) is 9.80 Å². The molecule has 0 radical (unpaired) electrons. The van der Waals surface area contributed by atoms with Crippen LogP contribution in [-0.2, 0) is 6.54 Å². The zero-order valence-corrected chi connectivity index (χ0v) is 13.0. The van der Waals surface area contributed by atoms with Gasteiger partial charge in [0.05, 0.1) is 6.04 Å². The summed E-state index contributed by atoms with van der Waals surface area (Å²) in [6.07, 6.45) is 0. The van der Waals surface area contributed by atoms with Gasteiger partial charge in [0.1, 0.15) is 5.82 Å². The van der Waals surface area contributed by atoms with E-state index in [4.69, 9.17) is 4.52 Å². The highest BCUT2D eigenvalue weighted by Gasteiger charge is 2.25. The number of aromatic nitrogens is 2. The predicted molar refractivity (Wildman–Crippen MR) is 80.7 cm³/mol. The Morgan fingerprint density at radius 1 is 1.27 bits per heavy atom. The van der Waals surface area contributed by atoms with Gasteiger partial charge in [0.25, 0.3) is 0 Å². The van der Waals surface area contributed by atoms with Crippen molar-refractivity contribution in [3.05, 3.63) is 47.4 Å². The van der Waals surface area contributed by atoms with Crippen molar-refractivity contribution < 1.29 is 8.91 Å². The van der Waals surface area contributed by atoms with Crippen LogP contribution in [0.1, 0.15) is 30.2 Å². The van der Waals surface area contributed by atoms with E-state index < -0.39 is 0 Å². The molecule has 1 aromatic heterocycles. The molecule has 1 aromatic carbocycles. The summed E-state index contributed by atoms with van der Waals surface area (Å²) < 4.78 is 18.5. The molecular formula is C16H21FN4O. The molecule has 0 aliphatic carbocycles. The van der Waals surface area contributed by atoms with Gasteiger partial charge in [0.15, 0.2) is 5.82 Å². The lowest BCUT2D eigenvalue weighted by molar-refractivity contribution is 0.0845. The van der Waals surface area contributed by atoms with Gasteiger partial charge in [0, 0.05) is 32.7 Å². The zero-order valence-electron chi connectivity index (χ0n) is 13.0. The van der Waals surface area contributed by atoms with Crippen LogP contribution < -0.4 is 0 Å². The Morgan fingerprint density at radius 3 is 2.68 bits per heavy atom. The standard InChI is InChI=1S/C16H21FN4O/c1-12(16-18-13(2)19-22-16)21-8-6-20(7-9-21)11-14-4-3-5-15(17)10-14/h3-5,10,12H,6-9,11H2,1-2H3/t12-/m1/s1. The maximum Gasteiger partial charge on any atom is 0.243 e. The van der Waals surface area contributed by atoms with Crippen molar-refractivity contribution in [2.45, 2.75) is 26.4 Å². The summed E-state index contributed by atoms with van der Waals surface area (Å²) in [4.78, 5) is 8.99. The first kappa shape index (κ1) is 15.1. The number of hydrogen-bond donors (Lipinski definition) is 0. The first-order valence-electron chi connectivity index (χ1n) is 7.63. The van der Waals surface area contributed by atoms with Crippen LogP contribution in [0.3, 0.4) is 0 Å². The molecule has 1 saturated heterocycles. The second-order valence-electron chi connectivity index (χ2n) is 5.80. The Labute approximate surface area is 129 Å². The average Bonchev–Trinajstić information content (AvgIpc) is 2.94. The fourth-order valence-corrected chi connectivity index (χ4v) is 2.84. The lowest BCUT2D eigenvalue weighted by atomic mass is 10.1. The molecule has 2 aromatic rings. The quantitative estimate of drug-likeness (QED) is 0.868. The normalized spacial score (nSPS) is 18.5. The number of aryl methyl sites for hydroxylation is 1. The summed E-state index contributed by atoms with van der Waals surface area (Å²) in [6, 6.07) is 6.96. The number of hydrogen-bond acceptors (Lipinski definition) is 5. The molecule has 6 heteroatoms. The van der Waals surface area contributed by atoms with Crippen LogP contribution in [0.5, 0.6) is 0 Å². The second-order valence-corrected chi connectivity index (χ2v) is 5.80. The van der Waals surface area contributed by atoms with Gasteiger partial charge in [-0.25, -0.2) is 4.39 Å². The van der Waals surface area contributed by atoms with Crippen molar-refractivity contribution in [2.24, 2.45) is 0 Å². The van der Waals surface area contributed by atoms with E-state index in [0.717, 1.165) is 38.3 Å². The van der Waals surface area contributed by atoms with Gasteiger partial charge in [-0.05, 0) is 31.5 Å². The first-order valence-corrected chi connectivity index (χ1v) is 7.63. The molecule has 0 N–H and O–H groups in total. The van der Waals surface area contributed by atoms with Crippen molar-refractivity contribution in [1.82, 2.24) is 19.9 Å². The van der Waals surface area contributed by atoms with Gasteiger partial charge in [-0.15, -0.1) is 0 Å². The monoisotopic (exact) mass is 304 g/mol. The maximum atomic E-state index is 13.2. The summed E-state index contributed by atoms with van der Waals surface area (Å²) in [5.41, 5.74) is 1.02. The minimum atomic E-state index is -0.170. The van der Waals surface area contributed by atoms with Gasteiger partial charge >= 0.3 is 0 Å². The first-order chi connectivity index (χ1) is 10.6. The molecule has 0 amide bonds. The van der Waals surface area contributed by atoms with Crippen LogP contribution in [0, 0.1) is 12.7 Å². The van der Waals surface area contributed by atoms with Crippen LogP contribution in [0.4, 0.5) is 4.39 Å². The molecule has 1 aliphatic rings. The molecule has 3 rings (SSSR count). The van der Waals surface area contributed by atoms with Crippen LogP contribution in [0.25, 0.3) is 0 Å². The van der Waals surface area contributed by atoms with Crippen LogP contribution in [-0.4, -0.2) is 46.1 Å². The van der Waals surface area contributed by atoms with Crippen molar-refractivity contribution in [2.75, 3.05) is 26.2 Å². The molecule has 1 atom stereocenters. The Kier molecular flexibility index (Phi) is 4.49. The molecule has 118 valence electrons. The van der Waals surface area contributed by atoms with Gasteiger partial charge in [-0.1, -0.05) is 17.3 Å². The molecule has 5 nitrogen and oxygen atoms in total. The largest absolute Gasteiger partial charge is 0.338 e. The summed E-state index contributed by atoms with van der Waals surface area (Å²) in [5, 5.41) is 3.85. The molecular weight excluding hydrogens is 283 g/mol. The molecule has 1 fully saturated rings. The summed E-state index contributed by atoms with van der Waals surface area (Å²) >= 11 is 0. The van der Waals surface area contributed by atoms with E-state index in [9.17, 15) is 4.39 Å². The molecule has 22 heavy (non-hydrogen) atoms. The van der Waals surface area contributed by atoms with Crippen molar-refractivity contribution >= 4 is 0 Å². The van der Waals surface area contributed by atoms with Crippen molar-refractivity contribution in [1.29, 1.82) is 0 Å². The maximum absolute atomic E-state index is 13.2. The van der Waals surface area contributed by atoms with Crippen LogP contribution in [0.2, 0.25) is 0 Å².